The minimum Gasteiger partial charge on any atom is -0.507 e. The quantitative estimate of drug-likeness (QED) is 0.170. The molecule has 0 radical (unpaired) electrons. The van der Waals surface area contributed by atoms with Crippen LogP contribution in [0.25, 0.3) is 0 Å². The largest absolute Gasteiger partial charge is 0.507 e. The van der Waals surface area contributed by atoms with Crippen molar-refractivity contribution in [1.29, 1.82) is 0 Å². The van der Waals surface area contributed by atoms with E-state index < -0.39 is 0 Å². The van der Waals surface area contributed by atoms with Gasteiger partial charge in [0.15, 0.2) is 0 Å². The average molecular weight is 769 g/mol. The Morgan fingerprint density at radius 3 is 1.09 bits per heavy atom. The van der Waals surface area contributed by atoms with E-state index in [1.54, 1.807) is 0 Å². The Hall–Kier alpha value is -4.74. The second kappa shape index (κ2) is 15.5. The Morgan fingerprint density at radius 2 is 0.737 bits per heavy atom. The normalized spacial score (nSPS) is 14.2. The molecule has 0 fully saturated rings. The summed E-state index contributed by atoms with van der Waals surface area (Å²) in [6.07, 6.45) is 1.20. The van der Waals surface area contributed by atoms with Gasteiger partial charge in [0.25, 0.3) is 0 Å². The highest BCUT2D eigenvalue weighted by Crippen LogP contribution is 2.42. The maximum absolute atomic E-state index is 12.3. The van der Waals surface area contributed by atoms with Crippen molar-refractivity contribution in [3.8, 4) is 23.0 Å². The zero-order valence-electron chi connectivity index (χ0n) is 36.4. The van der Waals surface area contributed by atoms with Gasteiger partial charge in [0.2, 0.25) is 0 Å². The van der Waals surface area contributed by atoms with E-state index in [-0.39, 0.29) is 52.1 Å². The van der Waals surface area contributed by atoms with E-state index in [0.717, 1.165) is 66.9 Å². The number of phenolic OH excluding ortho intramolecular Hbond substituents is 3. The van der Waals surface area contributed by atoms with Crippen LogP contribution in [0.4, 0.5) is 0 Å². The molecule has 8 bridgehead atoms. The summed E-state index contributed by atoms with van der Waals surface area (Å²) in [5.74, 6) is 1.35. The van der Waals surface area contributed by atoms with Crippen LogP contribution in [0.1, 0.15) is 155 Å². The summed E-state index contributed by atoms with van der Waals surface area (Å²) >= 11 is 0. The van der Waals surface area contributed by atoms with Gasteiger partial charge in [-0.1, -0.05) is 150 Å². The Labute approximate surface area is 341 Å². The summed E-state index contributed by atoms with van der Waals surface area (Å²) in [6.45, 7) is 27.0. The minimum atomic E-state index is -0.207. The standard InChI is InChI=1S/C52H64O5/c1-49(2,3)41-21-33-18-34-22-42(50(4,5)6)27-39(46(34)54)30-56-31-40-28-43(51(7,8)9)24-36(47(40)55)20-38-26-44(52(10,11)12)25-37(19-35(23-41)45(33)53)48(38)57-29-32-16-14-13-15-17-32/h13-17,21-28,53-55H,18-20,29-31H2,1-12H3. The molecular formula is C52H64O5. The van der Waals surface area contributed by atoms with Crippen LogP contribution < -0.4 is 4.74 Å². The van der Waals surface area contributed by atoms with Gasteiger partial charge in [-0.3, -0.25) is 0 Å². The first-order valence-corrected chi connectivity index (χ1v) is 20.5. The van der Waals surface area contributed by atoms with Crippen molar-refractivity contribution in [2.45, 2.75) is 144 Å². The van der Waals surface area contributed by atoms with Crippen LogP contribution in [0.3, 0.4) is 0 Å². The number of ether oxygens (including phenoxy) is 2. The molecule has 3 N–H and O–H groups in total. The smallest absolute Gasteiger partial charge is 0.126 e. The van der Waals surface area contributed by atoms with Crippen LogP contribution in [0, 0.1) is 0 Å². The fraction of sp³-hybridized carbons (Fsp3) is 0.423. The average Bonchev–Trinajstić information content (AvgIpc) is 3.10. The lowest BCUT2D eigenvalue weighted by Gasteiger charge is -2.27. The summed E-state index contributed by atoms with van der Waals surface area (Å²) in [5, 5.41) is 36.3. The summed E-state index contributed by atoms with van der Waals surface area (Å²) < 4.78 is 13.3. The Kier molecular flexibility index (Phi) is 11.4. The predicted molar refractivity (Wildman–Crippen MR) is 233 cm³/mol. The fourth-order valence-electron chi connectivity index (χ4n) is 7.59. The molecule has 5 aromatic rings. The Bertz CT molecular complexity index is 2250. The monoisotopic (exact) mass is 768 g/mol. The summed E-state index contributed by atoms with van der Waals surface area (Å²) in [7, 11) is 0. The van der Waals surface area contributed by atoms with Gasteiger partial charge in [-0.2, -0.15) is 0 Å². The third kappa shape index (κ3) is 9.53. The Morgan fingerprint density at radius 1 is 0.439 bits per heavy atom. The van der Waals surface area contributed by atoms with Crippen LogP contribution in [-0.4, -0.2) is 15.3 Å². The Balaban J connectivity index is 1.66. The van der Waals surface area contributed by atoms with Crippen molar-refractivity contribution in [2.24, 2.45) is 0 Å². The van der Waals surface area contributed by atoms with E-state index in [1.807, 2.05) is 24.3 Å². The molecule has 0 atom stereocenters. The zero-order valence-corrected chi connectivity index (χ0v) is 36.4. The van der Waals surface area contributed by atoms with E-state index in [9.17, 15) is 15.3 Å². The number of hydrogen-bond acceptors (Lipinski definition) is 5. The summed E-state index contributed by atoms with van der Waals surface area (Å²) in [6, 6.07) is 27.2. The molecule has 0 aromatic heterocycles. The lowest BCUT2D eigenvalue weighted by Crippen LogP contribution is -2.16. The molecule has 5 heteroatoms. The highest BCUT2D eigenvalue weighted by Gasteiger charge is 2.27. The van der Waals surface area contributed by atoms with Gasteiger partial charge in [-0.15, -0.1) is 0 Å². The third-order valence-electron chi connectivity index (χ3n) is 11.4. The van der Waals surface area contributed by atoms with Gasteiger partial charge in [0, 0.05) is 30.4 Å². The van der Waals surface area contributed by atoms with E-state index in [1.165, 1.54) is 0 Å². The molecule has 1 aliphatic rings. The number of rotatable bonds is 3. The number of fused-ring (bicyclic) bond motifs is 8. The first-order valence-electron chi connectivity index (χ1n) is 20.5. The molecule has 0 aliphatic carbocycles. The second-order valence-electron chi connectivity index (χ2n) is 20.4. The lowest BCUT2D eigenvalue weighted by molar-refractivity contribution is 0.103. The summed E-state index contributed by atoms with van der Waals surface area (Å²) in [5.41, 5.74) is 11.1. The van der Waals surface area contributed by atoms with E-state index in [0.29, 0.717) is 37.0 Å². The molecule has 0 saturated carbocycles. The minimum absolute atomic E-state index is 0.158. The molecule has 5 aromatic carbocycles. The first-order chi connectivity index (χ1) is 26.5. The molecule has 1 aliphatic heterocycles. The fourth-order valence-corrected chi connectivity index (χ4v) is 7.59. The van der Waals surface area contributed by atoms with Crippen LogP contribution in [0.2, 0.25) is 0 Å². The van der Waals surface area contributed by atoms with Gasteiger partial charge in [-0.05, 0) is 95.0 Å². The van der Waals surface area contributed by atoms with E-state index >= 15 is 0 Å². The molecule has 0 amide bonds. The van der Waals surface area contributed by atoms with Crippen LogP contribution in [0.5, 0.6) is 23.0 Å². The molecule has 1 heterocycles. The molecule has 302 valence electrons. The second-order valence-corrected chi connectivity index (χ2v) is 20.4. The third-order valence-corrected chi connectivity index (χ3v) is 11.4. The lowest BCUT2D eigenvalue weighted by atomic mass is 9.80. The van der Waals surface area contributed by atoms with Crippen LogP contribution >= 0.6 is 0 Å². The topological polar surface area (TPSA) is 79.2 Å². The maximum Gasteiger partial charge on any atom is 0.126 e. The summed E-state index contributed by atoms with van der Waals surface area (Å²) in [4.78, 5) is 0. The van der Waals surface area contributed by atoms with Gasteiger partial charge in [0.05, 0.1) is 13.2 Å². The van der Waals surface area contributed by atoms with Crippen molar-refractivity contribution in [3.63, 3.8) is 0 Å². The predicted octanol–water partition coefficient (Wildman–Crippen LogP) is 12.4. The van der Waals surface area contributed by atoms with E-state index in [2.05, 4.69) is 138 Å². The molecule has 0 spiro atoms. The van der Waals surface area contributed by atoms with Crippen molar-refractivity contribution in [2.75, 3.05) is 0 Å². The molecule has 5 nitrogen and oxygen atoms in total. The highest BCUT2D eigenvalue weighted by molar-refractivity contribution is 5.57. The molecule has 0 unspecified atom stereocenters. The highest BCUT2D eigenvalue weighted by atomic mass is 16.5. The van der Waals surface area contributed by atoms with Crippen molar-refractivity contribution >= 4 is 0 Å². The van der Waals surface area contributed by atoms with E-state index in [4.69, 9.17) is 9.47 Å². The zero-order chi connectivity index (χ0) is 41.7. The van der Waals surface area contributed by atoms with Gasteiger partial charge < -0.3 is 24.8 Å². The van der Waals surface area contributed by atoms with Gasteiger partial charge >= 0.3 is 0 Å². The number of hydrogen-bond donors (Lipinski definition) is 3. The maximum atomic E-state index is 12.3. The van der Waals surface area contributed by atoms with Crippen molar-refractivity contribution in [1.82, 2.24) is 0 Å². The number of aromatic hydroxyl groups is 3. The SMILES string of the molecule is CC(C)(C)c1cc2c(O)c(c1)Cc1cc(C(C)(C)C)cc(c1O)Cc1cc(C(C)(C)C)cc(c1OCc1ccccc1)Cc1cc(C(C)(C)C)cc(c1O)COC2. The molecule has 6 rings (SSSR count). The van der Waals surface area contributed by atoms with Crippen molar-refractivity contribution in [3.05, 3.63) is 151 Å². The molecule has 0 saturated heterocycles. The molecular weight excluding hydrogens is 705 g/mol. The van der Waals surface area contributed by atoms with Crippen LogP contribution in [0.15, 0.2) is 78.9 Å². The molecule has 57 heavy (non-hydrogen) atoms. The first kappa shape index (κ1) is 41.9. The van der Waals surface area contributed by atoms with Gasteiger partial charge in [0.1, 0.15) is 29.6 Å². The number of benzene rings is 5. The van der Waals surface area contributed by atoms with Crippen molar-refractivity contribution < 1.29 is 24.8 Å². The number of phenols is 3. The van der Waals surface area contributed by atoms with Gasteiger partial charge in [-0.25, -0.2) is 0 Å². The van der Waals surface area contributed by atoms with Crippen LogP contribution in [-0.2, 0) is 65.5 Å².